The molecular formula is C60H102O6. The van der Waals surface area contributed by atoms with Gasteiger partial charge in [0.1, 0.15) is 13.2 Å². The molecule has 6 heteroatoms. The summed E-state index contributed by atoms with van der Waals surface area (Å²) in [6, 6.07) is 0. The molecule has 66 heavy (non-hydrogen) atoms. The lowest BCUT2D eigenvalue weighted by molar-refractivity contribution is -0.167. The molecule has 0 aliphatic rings. The number of hydrogen-bond acceptors (Lipinski definition) is 6. The molecule has 0 amide bonds. The van der Waals surface area contributed by atoms with Crippen molar-refractivity contribution in [2.45, 2.75) is 264 Å². The predicted molar refractivity (Wildman–Crippen MR) is 284 cm³/mol. The van der Waals surface area contributed by atoms with Crippen molar-refractivity contribution in [3.05, 3.63) is 85.1 Å². The summed E-state index contributed by atoms with van der Waals surface area (Å²) >= 11 is 0. The van der Waals surface area contributed by atoms with E-state index in [2.05, 4.69) is 106 Å². The van der Waals surface area contributed by atoms with Crippen molar-refractivity contribution in [1.82, 2.24) is 0 Å². The summed E-state index contributed by atoms with van der Waals surface area (Å²) in [5, 5.41) is 0. The van der Waals surface area contributed by atoms with Crippen LogP contribution < -0.4 is 0 Å². The average molecular weight is 919 g/mol. The van der Waals surface area contributed by atoms with E-state index in [1.165, 1.54) is 83.5 Å². The molecule has 0 fully saturated rings. The quantitative estimate of drug-likeness (QED) is 0.0262. The molecule has 0 heterocycles. The van der Waals surface area contributed by atoms with Crippen LogP contribution >= 0.6 is 0 Å². The first-order chi connectivity index (χ1) is 32.5. The van der Waals surface area contributed by atoms with Gasteiger partial charge in [-0.1, -0.05) is 209 Å². The van der Waals surface area contributed by atoms with Gasteiger partial charge in [0.2, 0.25) is 0 Å². The zero-order chi connectivity index (χ0) is 47.9. The number of rotatable bonds is 49. The lowest BCUT2D eigenvalue weighted by atomic mass is 10.1. The Balaban J connectivity index is 4.44. The molecule has 6 nitrogen and oxygen atoms in total. The van der Waals surface area contributed by atoms with Crippen LogP contribution in [0, 0.1) is 0 Å². The molecule has 0 radical (unpaired) electrons. The summed E-state index contributed by atoms with van der Waals surface area (Å²) in [5.41, 5.74) is 0. The van der Waals surface area contributed by atoms with Crippen LogP contribution in [0.3, 0.4) is 0 Å². The van der Waals surface area contributed by atoms with Gasteiger partial charge in [-0.3, -0.25) is 14.4 Å². The maximum atomic E-state index is 12.8. The first-order valence-electron chi connectivity index (χ1n) is 27.6. The zero-order valence-electron chi connectivity index (χ0n) is 43.2. The zero-order valence-corrected chi connectivity index (χ0v) is 43.2. The standard InChI is InChI=1S/C60H102O6/c1-4-7-10-13-16-19-22-25-28-29-30-33-35-38-41-44-47-50-53-59(62)65-56-57(66-60(63)54-51-48-45-42-39-36-32-27-24-21-18-15-12-9-6-3)55-64-58(61)52-49-46-43-40-37-34-31-26-23-20-17-14-11-8-5-2/h9,12,17-22,26-29,31-32,57H,4-8,10-11,13-16,23-25,30,33-56H2,1-3H3/b12-9-,20-17-,21-18-,22-19-,29-28-,31-26-,32-27-. The van der Waals surface area contributed by atoms with Crippen molar-refractivity contribution in [3.63, 3.8) is 0 Å². The first kappa shape index (κ1) is 62.6. The van der Waals surface area contributed by atoms with Gasteiger partial charge in [0.05, 0.1) is 0 Å². The molecule has 0 aromatic carbocycles. The number of esters is 3. The smallest absolute Gasteiger partial charge is 0.306 e. The average Bonchev–Trinajstić information content (AvgIpc) is 3.31. The second-order valence-electron chi connectivity index (χ2n) is 18.1. The van der Waals surface area contributed by atoms with Crippen LogP contribution in [-0.4, -0.2) is 37.2 Å². The molecule has 0 N–H and O–H groups in total. The number of carbonyl (C=O) groups excluding carboxylic acids is 3. The minimum Gasteiger partial charge on any atom is -0.462 e. The number of unbranched alkanes of at least 4 members (excludes halogenated alkanes) is 24. The predicted octanol–water partition coefficient (Wildman–Crippen LogP) is 18.4. The highest BCUT2D eigenvalue weighted by atomic mass is 16.6. The van der Waals surface area contributed by atoms with Gasteiger partial charge in [-0.15, -0.1) is 0 Å². The SMILES string of the molecule is CC/C=C\C/C=C\C/C=C\CCCCCCCC(=O)OC(COC(=O)CCCCCCC/C=C\C/C=C\CCCCC)COC(=O)CCCCCCCCC/C=C\C/C=C\CCCCCC. The Kier molecular flexibility index (Phi) is 51.4. The lowest BCUT2D eigenvalue weighted by Crippen LogP contribution is -2.30. The molecule has 0 saturated carbocycles. The summed E-state index contributed by atoms with van der Waals surface area (Å²) in [4.78, 5) is 38.1. The van der Waals surface area contributed by atoms with Crippen LogP contribution in [0.5, 0.6) is 0 Å². The Morgan fingerprint density at radius 2 is 0.591 bits per heavy atom. The minimum absolute atomic E-state index is 0.0927. The highest BCUT2D eigenvalue weighted by molar-refractivity contribution is 5.71. The van der Waals surface area contributed by atoms with Crippen LogP contribution in [-0.2, 0) is 28.6 Å². The van der Waals surface area contributed by atoms with Gasteiger partial charge >= 0.3 is 17.9 Å². The fraction of sp³-hybridized carbons (Fsp3) is 0.717. The van der Waals surface area contributed by atoms with Crippen molar-refractivity contribution >= 4 is 17.9 Å². The molecular weight excluding hydrogens is 817 g/mol. The number of carbonyl (C=O) groups is 3. The van der Waals surface area contributed by atoms with E-state index < -0.39 is 6.10 Å². The van der Waals surface area contributed by atoms with Gasteiger partial charge < -0.3 is 14.2 Å². The van der Waals surface area contributed by atoms with E-state index in [1.54, 1.807) is 0 Å². The third-order valence-corrected chi connectivity index (χ3v) is 11.6. The van der Waals surface area contributed by atoms with Gasteiger partial charge in [0.25, 0.3) is 0 Å². The Morgan fingerprint density at radius 3 is 0.955 bits per heavy atom. The molecule has 0 rings (SSSR count). The third kappa shape index (κ3) is 51.6. The summed E-state index contributed by atoms with van der Waals surface area (Å²) in [5.74, 6) is -0.928. The fourth-order valence-electron chi connectivity index (χ4n) is 7.46. The molecule has 0 aliphatic heterocycles. The van der Waals surface area contributed by atoms with Crippen molar-refractivity contribution in [3.8, 4) is 0 Å². The molecule has 0 saturated heterocycles. The fourth-order valence-corrected chi connectivity index (χ4v) is 7.46. The molecule has 0 aromatic rings. The largest absolute Gasteiger partial charge is 0.462 e. The number of allylic oxidation sites excluding steroid dienone is 14. The summed E-state index contributed by atoms with van der Waals surface area (Å²) in [7, 11) is 0. The van der Waals surface area contributed by atoms with E-state index in [9.17, 15) is 14.4 Å². The Labute approximate surface area is 407 Å². The molecule has 1 atom stereocenters. The normalized spacial score (nSPS) is 12.7. The van der Waals surface area contributed by atoms with Gasteiger partial charge in [0, 0.05) is 19.3 Å². The first-order valence-corrected chi connectivity index (χ1v) is 27.6. The Morgan fingerprint density at radius 1 is 0.318 bits per heavy atom. The van der Waals surface area contributed by atoms with Crippen molar-refractivity contribution in [2.24, 2.45) is 0 Å². The number of ether oxygens (including phenoxy) is 3. The maximum Gasteiger partial charge on any atom is 0.306 e. The van der Waals surface area contributed by atoms with Crippen LogP contribution in [0.4, 0.5) is 0 Å². The molecule has 0 bridgehead atoms. The van der Waals surface area contributed by atoms with E-state index >= 15 is 0 Å². The molecule has 0 aliphatic carbocycles. The van der Waals surface area contributed by atoms with E-state index in [1.807, 2.05) is 0 Å². The third-order valence-electron chi connectivity index (χ3n) is 11.6. The van der Waals surface area contributed by atoms with E-state index in [4.69, 9.17) is 14.2 Å². The van der Waals surface area contributed by atoms with Gasteiger partial charge in [0.15, 0.2) is 6.10 Å². The van der Waals surface area contributed by atoms with Crippen molar-refractivity contribution < 1.29 is 28.6 Å². The lowest BCUT2D eigenvalue weighted by Gasteiger charge is -2.18. The topological polar surface area (TPSA) is 78.9 Å². The van der Waals surface area contributed by atoms with Crippen LogP contribution in [0.1, 0.15) is 258 Å². The Hall–Kier alpha value is -3.41. The van der Waals surface area contributed by atoms with E-state index in [0.717, 1.165) is 135 Å². The van der Waals surface area contributed by atoms with Crippen molar-refractivity contribution in [1.29, 1.82) is 0 Å². The van der Waals surface area contributed by atoms with Gasteiger partial charge in [-0.25, -0.2) is 0 Å². The van der Waals surface area contributed by atoms with Crippen molar-refractivity contribution in [2.75, 3.05) is 13.2 Å². The Bertz CT molecular complexity index is 1290. The van der Waals surface area contributed by atoms with Gasteiger partial charge in [-0.05, 0) is 116 Å². The van der Waals surface area contributed by atoms with Crippen LogP contribution in [0.25, 0.3) is 0 Å². The number of hydrogen-bond donors (Lipinski definition) is 0. The molecule has 0 spiro atoms. The van der Waals surface area contributed by atoms with E-state index in [0.29, 0.717) is 19.3 Å². The van der Waals surface area contributed by atoms with E-state index in [-0.39, 0.29) is 31.1 Å². The van der Waals surface area contributed by atoms with Crippen LogP contribution in [0.15, 0.2) is 85.1 Å². The molecule has 1 unspecified atom stereocenters. The maximum absolute atomic E-state index is 12.8. The summed E-state index contributed by atoms with van der Waals surface area (Å²) < 4.78 is 16.8. The summed E-state index contributed by atoms with van der Waals surface area (Å²) in [6.45, 7) is 6.46. The minimum atomic E-state index is -0.795. The second kappa shape index (κ2) is 54.2. The van der Waals surface area contributed by atoms with Gasteiger partial charge in [-0.2, -0.15) is 0 Å². The second-order valence-corrected chi connectivity index (χ2v) is 18.1. The summed E-state index contributed by atoms with van der Waals surface area (Å²) in [6.07, 6.45) is 69.9. The van der Waals surface area contributed by atoms with Crippen LogP contribution in [0.2, 0.25) is 0 Å². The molecule has 378 valence electrons. The molecule has 0 aromatic heterocycles. The highest BCUT2D eigenvalue weighted by Crippen LogP contribution is 2.14. The monoisotopic (exact) mass is 919 g/mol. The highest BCUT2D eigenvalue weighted by Gasteiger charge is 2.19.